The van der Waals surface area contributed by atoms with Crippen molar-refractivity contribution >= 4 is 33.5 Å². The molecule has 4 N–H and O–H groups in total. The summed E-state index contributed by atoms with van der Waals surface area (Å²) in [5.41, 5.74) is 7.41. The summed E-state index contributed by atoms with van der Waals surface area (Å²) in [6.07, 6.45) is 0. The van der Waals surface area contributed by atoms with Crippen molar-refractivity contribution in [1.82, 2.24) is 0 Å². The Morgan fingerprint density at radius 2 is 1.71 bits per heavy atom. The molecule has 0 fully saturated rings. The zero-order valence-electron chi connectivity index (χ0n) is 11.0. The molecule has 0 saturated carbocycles. The van der Waals surface area contributed by atoms with Gasteiger partial charge in [-0.2, -0.15) is 0 Å². The molecule has 0 bridgehead atoms. The van der Waals surface area contributed by atoms with Gasteiger partial charge in [0, 0.05) is 16.6 Å². The van der Waals surface area contributed by atoms with Crippen LogP contribution in [-0.4, -0.2) is 17.0 Å². The van der Waals surface area contributed by atoms with Crippen LogP contribution < -0.4 is 11.1 Å². The van der Waals surface area contributed by atoms with Gasteiger partial charge in [-0.15, -0.1) is 0 Å². The number of rotatable bonds is 4. The van der Waals surface area contributed by atoms with E-state index in [0.29, 0.717) is 22.3 Å². The molecule has 0 aliphatic heterocycles. The fourth-order valence-electron chi connectivity index (χ4n) is 1.74. The predicted octanol–water partition coefficient (Wildman–Crippen LogP) is 2.86. The highest BCUT2D eigenvalue weighted by Gasteiger charge is 2.11. The third-order valence-corrected chi connectivity index (χ3v) is 3.60. The van der Waals surface area contributed by atoms with Gasteiger partial charge in [-0.05, 0) is 51.8 Å². The first kappa shape index (κ1) is 15.2. The molecule has 21 heavy (non-hydrogen) atoms. The molecule has 0 aromatic heterocycles. The lowest BCUT2D eigenvalue weighted by Crippen LogP contribution is -2.13. The monoisotopic (exact) mass is 348 g/mol. The van der Waals surface area contributed by atoms with Crippen LogP contribution in [0.5, 0.6) is 0 Å². The summed E-state index contributed by atoms with van der Waals surface area (Å²) in [5.74, 6) is -1.37. The summed E-state index contributed by atoms with van der Waals surface area (Å²) in [4.78, 5) is 23.1. The number of hydrogen-bond acceptors (Lipinski definition) is 3. The minimum Gasteiger partial charge on any atom is -0.478 e. The van der Waals surface area contributed by atoms with Crippen LogP contribution in [0.3, 0.4) is 0 Å². The van der Waals surface area contributed by atoms with Crippen molar-refractivity contribution in [2.24, 2.45) is 5.73 Å². The van der Waals surface area contributed by atoms with E-state index in [2.05, 4.69) is 21.2 Å². The van der Waals surface area contributed by atoms with Crippen molar-refractivity contribution in [3.05, 3.63) is 63.6 Å². The molecule has 0 radical (unpaired) electrons. The first-order valence-electron chi connectivity index (χ1n) is 6.14. The van der Waals surface area contributed by atoms with Crippen molar-refractivity contribution < 1.29 is 14.7 Å². The molecule has 0 saturated heterocycles. The van der Waals surface area contributed by atoms with Crippen molar-refractivity contribution in [2.45, 2.75) is 6.54 Å². The first-order valence-corrected chi connectivity index (χ1v) is 6.94. The highest BCUT2D eigenvalue weighted by Crippen LogP contribution is 2.24. The number of carbonyl (C=O) groups excluding carboxylic acids is 1. The summed E-state index contributed by atoms with van der Waals surface area (Å²) >= 11 is 3.28. The van der Waals surface area contributed by atoms with Gasteiger partial charge >= 0.3 is 5.97 Å². The van der Waals surface area contributed by atoms with E-state index >= 15 is 0 Å². The number of amides is 1. The second kappa shape index (κ2) is 6.51. The minimum atomic E-state index is -1.05. The zero-order valence-corrected chi connectivity index (χ0v) is 12.6. The van der Waals surface area contributed by atoms with Crippen LogP contribution in [0.25, 0.3) is 0 Å². The SMILES string of the molecule is NCc1ccc(C(=O)Nc2cc(C(=O)O)ccc2Br)cc1. The number of carboxylic acids is 1. The second-order valence-corrected chi connectivity index (χ2v) is 5.21. The highest BCUT2D eigenvalue weighted by molar-refractivity contribution is 9.10. The molecule has 108 valence electrons. The number of anilines is 1. The third-order valence-electron chi connectivity index (χ3n) is 2.91. The average molecular weight is 349 g/mol. The summed E-state index contributed by atoms with van der Waals surface area (Å²) in [5, 5.41) is 11.6. The van der Waals surface area contributed by atoms with E-state index in [4.69, 9.17) is 10.8 Å². The van der Waals surface area contributed by atoms with Crippen molar-refractivity contribution in [3.8, 4) is 0 Å². The highest BCUT2D eigenvalue weighted by atomic mass is 79.9. The Labute approximate surface area is 129 Å². The Balaban J connectivity index is 2.22. The number of carboxylic acid groups (broad SMARTS) is 1. The van der Waals surface area contributed by atoms with E-state index in [9.17, 15) is 9.59 Å². The summed E-state index contributed by atoms with van der Waals surface area (Å²) in [6, 6.07) is 11.3. The lowest BCUT2D eigenvalue weighted by molar-refractivity contribution is 0.0696. The smallest absolute Gasteiger partial charge is 0.335 e. The largest absolute Gasteiger partial charge is 0.478 e. The van der Waals surface area contributed by atoms with Gasteiger partial charge in [0.15, 0.2) is 0 Å². The zero-order chi connectivity index (χ0) is 15.4. The van der Waals surface area contributed by atoms with Crippen LogP contribution in [0.4, 0.5) is 5.69 Å². The van der Waals surface area contributed by atoms with Crippen LogP contribution in [0.15, 0.2) is 46.9 Å². The minimum absolute atomic E-state index is 0.104. The van der Waals surface area contributed by atoms with E-state index in [0.717, 1.165) is 5.56 Å². The molecule has 2 aromatic carbocycles. The van der Waals surface area contributed by atoms with E-state index in [1.807, 2.05) is 0 Å². The number of halogens is 1. The van der Waals surface area contributed by atoms with E-state index in [1.54, 1.807) is 30.3 Å². The van der Waals surface area contributed by atoms with Crippen molar-refractivity contribution in [2.75, 3.05) is 5.32 Å². The van der Waals surface area contributed by atoms with Crippen molar-refractivity contribution in [3.63, 3.8) is 0 Å². The Morgan fingerprint density at radius 3 is 2.29 bits per heavy atom. The van der Waals surface area contributed by atoms with Crippen LogP contribution in [0.2, 0.25) is 0 Å². The molecular weight excluding hydrogens is 336 g/mol. The fourth-order valence-corrected chi connectivity index (χ4v) is 2.09. The molecule has 0 unspecified atom stereocenters. The third kappa shape index (κ3) is 3.68. The van der Waals surface area contributed by atoms with Crippen LogP contribution in [0, 0.1) is 0 Å². The van der Waals surface area contributed by atoms with Gasteiger partial charge in [-0.1, -0.05) is 12.1 Å². The van der Waals surface area contributed by atoms with Crippen molar-refractivity contribution in [1.29, 1.82) is 0 Å². The molecule has 0 atom stereocenters. The van der Waals surface area contributed by atoms with Crippen LogP contribution >= 0.6 is 15.9 Å². The average Bonchev–Trinajstić information content (AvgIpc) is 2.49. The lowest BCUT2D eigenvalue weighted by atomic mass is 10.1. The molecule has 2 aromatic rings. The van der Waals surface area contributed by atoms with E-state index in [-0.39, 0.29) is 11.5 Å². The number of benzene rings is 2. The molecule has 0 aliphatic carbocycles. The normalized spacial score (nSPS) is 10.2. The molecule has 5 nitrogen and oxygen atoms in total. The maximum absolute atomic E-state index is 12.1. The van der Waals surface area contributed by atoms with E-state index < -0.39 is 5.97 Å². The molecule has 0 spiro atoms. The van der Waals surface area contributed by atoms with Gasteiger partial charge in [0.1, 0.15) is 0 Å². The lowest BCUT2D eigenvalue weighted by Gasteiger charge is -2.09. The quantitative estimate of drug-likeness (QED) is 0.791. The standard InChI is InChI=1S/C15H13BrN2O3/c16-12-6-5-11(15(20)21)7-13(12)18-14(19)10-3-1-9(8-17)2-4-10/h1-7H,8,17H2,(H,18,19)(H,20,21). The van der Waals surface area contributed by atoms with Gasteiger partial charge in [0.2, 0.25) is 0 Å². The van der Waals surface area contributed by atoms with Gasteiger partial charge in [0.05, 0.1) is 11.3 Å². The van der Waals surface area contributed by atoms with Gasteiger partial charge in [-0.3, -0.25) is 4.79 Å². The number of carbonyl (C=O) groups is 2. The molecular formula is C15H13BrN2O3. The Hall–Kier alpha value is -2.18. The Morgan fingerprint density at radius 1 is 1.10 bits per heavy atom. The second-order valence-electron chi connectivity index (χ2n) is 4.35. The topological polar surface area (TPSA) is 92.4 Å². The fraction of sp³-hybridized carbons (Fsp3) is 0.0667. The molecule has 0 aliphatic rings. The first-order chi connectivity index (χ1) is 10.0. The Kier molecular flexibility index (Phi) is 4.72. The molecule has 6 heteroatoms. The summed E-state index contributed by atoms with van der Waals surface area (Å²) in [6.45, 7) is 0.411. The number of nitrogens with two attached hydrogens (primary N) is 1. The maximum atomic E-state index is 12.1. The van der Waals surface area contributed by atoms with Crippen LogP contribution in [-0.2, 0) is 6.54 Å². The molecule has 0 heterocycles. The summed E-state index contributed by atoms with van der Waals surface area (Å²) < 4.78 is 0.611. The Bertz CT molecular complexity index is 684. The molecule has 1 amide bonds. The van der Waals surface area contributed by atoms with Gasteiger partial charge in [-0.25, -0.2) is 4.79 Å². The number of hydrogen-bond donors (Lipinski definition) is 3. The van der Waals surface area contributed by atoms with Gasteiger partial charge < -0.3 is 16.2 Å². The summed E-state index contributed by atoms with van der Waals surface area (Å²) in [7, 11) is 0. The van der Waals surface area contributed by atoms with Gasteiger partial charge in [0.25, 0.3) is 5.91 Å². The maximum Gasteiger partial charge on any atom is 0.335 e. The van der Waals surface area contributed by atoms with Crippen LogP contribution in [0.1, 0.15) is 26.3 Å². The number of nitrogens with one attached hydrogen (secondary N) is 1. The van der Waals surface area contributed by atoms with E-state index in [1.165, 1.54) is 12.1 Å². The number of aromatic carboxylic acids is 1. The molecule has 2 rings (SSSR count). The predicted molar refractivity (Wildman–Crippen MR) is 83.4 cm³/mol.